The summed E-state index contributed by atoms with van der Waals surface area (Å²) in [5.74, 6) is -0.959. The zero-order valence-corrected chi connectivity index (χ0v) is 20.6. The second-order valence-corrected chi connectivity index (χ2v) is 8.28. The topological polar surface area (TPSA) is 127 Å². The van der Waals surface area contributed by atoms with Gasteiger partial charge in [-0.2, -0.15) is 0 Å². The summed E-state index contributed by atoms with van der Waals surface area (Å²) in [5, 5.41) is 11.2. The number of carbonyl (C=O) groups is 2. The zero-order chi connectivity index (χ0) is 25.6. The molecule has 0 fully saturated rings. The molecule has 0 bridgehead atoms. The highest BCUT2D eigenvalue weighted by Gasteiger charge is 2.30. The number of nitrogens with one attached hydrogen (secondary N) is 1. The molecule has 186 valence electrons. The molecule has 0 aliphatic heterocycles. The molecule has 0 aliphatic carbocycles. The lowest BCUT2D eigenvalue weighted by atomic mass is 9.97. The van der Waals surface area contributed by atoms with Crippen LogP contribution in [-0.4, -0.2) is 60.0 Å². The lowest BCUT2D eigenvalue weighted by Crippen LogP contribution is -2.37. The van der Waals surface area contributed by atoms with Crippen LogP contribution < -0.4 is 15.0 Å². The Balaban J connectivity index is 2.81. The molecule has 10 nitrogen and oxygen atoms in total. The number of H-pyrrole nitrogens is 1. The Bertz CT molecular complexity index is 1080. The summed E-state index contributed by atoms with van der Waals surface area (Å²) in [5.41, 5.74) is -1.63. The van der Waals surface area contributed by atoms with E-state index in [4.69, 9.17) is 18.9 Å². The highest BCUT2D eigenvalue weighted by molar-refractivity contribution is 5.96. The summed E-state index contributed by atoms with van der Waals surface area (Å²) in [6, 6.07) is 4.97. The first-order chi connectivity index (χ1) is 16.0. The van der Waals surface area contributed by atoms with Crippen molar-refractivity contribution in [3.8, 4) is 28.4 Å². The molecule has 0 aliphatic rings. The third-order valence-corrected chi connectivity index (χ3v) is 4.81. The fourth-order valence-corrected chi connectivity index (χ4v) is 3.34. The van der Waals surface area contributed by atoms with Gasteiger partial charge in [-0.25, -0.2) is 9.59 Å². The Labute approximate surface area is 198 Å². The van der Waals surface area contributed by atoms with Crippen molar-refractivity contribution in [1.82, 2.24) is 9.88 Å². The fourth-order valence-electron chi connectivity index (χ4n) is 3.34. The van der Waals surface area contributed by atoms with Crippen LogP contribution in [0.25, 0.3) is 11.1 Å². The Morgan fingerprint density at radius 3 is 2.12 bits per heavy atom. The first-order valence-electron chi connectivity index (χ1n) is 10.8. The molecule has 0 spiro atoms. The van der Waals surface area contributed by atoms with Crippen molar-refractivity contribution in [3.63, 3.8) is 0 Å². The predicted molar refractivity (Wildman–Crippen MR) is 126 cm³/mol. The molecule has 34 heavy (non-hydrogen) atoms. The smallest absolute Gasteiger partial charge is 0.410 e. The summed E-state index contributed by atoms with van der Waals surface area (Å²) in [6.45, 7) is 8.69. The average molecular weight is 477 g/mol. The molecule has 0 saturated carbocycles. The number of pyridine rings is 1. The van der Waals surface area contributed by atoms with Crippen LogP contribution in [0.4, 0.5) is 4.79 Å². The monoisotopic (exact) mass is 476 g/mol. The average Bonchev–Trinajstić information content (AvgIpc) is 2.75. The van der Waals surface area contributed by atoms with Crippen molar-refractivity contribution in [2.45, 2.75) is 46.8 Å². The molecule has 1 heterocycles. The lowest BCUT2D eigenvalue weighted by Gasteiger charge is -2.27. The number of aromatic amines is 1. The number of esters is 1. The Kier molecular flexibility index (Phi) is 8.56. The van der Waals surface area contributed by atoms with Crippen LogP contribution in [0.15, 0.2) is 23.0 Å². The number of benzene rings is 1. The lowest BCUT2D eigenvalue weighted by molar-refractivity contribution is 0.0241. The Hall–Kier alpha value is -3.69. The maximum absolute atomic E-state index is 12.8. The number of hydrogen-bond donors (Lipinski definition) is 2. The van der Waals surface area contributed by atoms with Crippen LogP contribution in [0.2, 0.25) is 0 Å². The second-order valence-electron chi connectivity index (χ2n) is 8.28. The van der Waals surface area contributed by atoms with E-state index < -0.39 is 34.5 Å². The van der Waals surface area contributed by atoms with E-state index in [9.17, 15) is 19.5 Å². The zero-order valence-electron chi connectivity index (χ0n) is 20.6. The van der Waals surface area contributed by atoms with Crippen LogP contribution in [0.3, 0.4) is 0 Å². The predicted octanol–water partition coefficient (Wildman–Crippen LogP) is 3.70. The van der Waals surface area contributed by atoms with Crippen LogP contribution in [0, 0.1) is 0 Å². The quantitative estimate of drug-likeness (QED) is 0.552. The number of hydrogen-bond acceptors (Lipinski definition) is 8. The molecular formula is C24H32N2O8. The van der Waals surface area contributed by atoms with Gasteiger partial charge in [0.15, 0.2) is 5.56 Å². The Morgan fingerprint density at radius 2 is 1.65 bits per heavy atom. The second kappa shape index (κ2) is 11.0. The summed E-state index contributed by atoms with van der Waals surface area (Å²) in [4.78, 5) is 42.0. The van der Waals surface area contributed by atoms with Crippen molar-refractivity contribution in [2.24, 2.45) is 0 Å². The van der Waals surface area contributed by atoms with Gasteiger partial charge in [-0.05, 0) is 46.8 Å². The number of aromatic hydroxyl groups is 1. The van der Waals surface area contributed by atoms with E-state index in [2.05, 4.69) is 4.98 Å². The number of carbonyl (C=O) groups excluding carboxylic acids is 2. The molecule has 1 aromatic heterocycles. The van der Waals surface area contributed by atoms with Gasteiger partial charge in [-0.3, -0.25) is 4.79 Å². The largest absolute Gasteiger partial charge is 0.506 e. The van der Waals surface area contributed by atoms with Crippen molar-refractivity contribution >= 4 is 12.1 Å². The van der Waals surface area contributed by atoms with Crippen LogP contribution in [0.5, 0.6) is 17.2 Å². The van der Waals surface area contributed by atoms with Gasteiger partial charge in [0.2, 0.25) is 0 Å². The minimum atomic E-state index is -0.984. The molecule has 0 radical (unpaired) electrons. The van der Waals surface area contributed by atoms with E-state index in [0.29, 0.717) is 17.1 Å². The van der Waals surface area contributed by atoms with Crippen LogP contribution in [0.1, 0.15) is 50.7 Å². The van der Waals surface area contributed by atoms with E-state index >= 15 is 0 Å². The van der Waals surface area contributed by atoms with Crippen LogP contribution >= 0.6 is 0 Å². The fraction of sp³-hybridized carbons (Fsp3) is 0.458. The van der Waals surface area contributed by atoms with E-state index in [1.165, 1.54) is 19.1 Å². The summed E-state index contributed by atoms with van der Waals surface area (Å²) in [6.07, 6.45) is -0.609. The number of amides is 1. The molecule has 2 N–H and O–H groups in total. The molecule has 0 atom stereocenters. The molecule has 1 amide bonds. The van der Waals surface area contributed by atoms with Gasteiger partial charge >= 0.3 is 12.1 Å². The van der Waals surface area contributed by atoms with E-state index in [0.717, 1.165) is 0 Å². The van der Waals surface area contributed by atoms with Gasteiger partial charge in [0, 0.05) is 12.2 Å². The van der Waals surface area contributed by atoms with E-state index in [1.807, 2.05) is 0 Å². The summed E-state index contributed by atoms with van der Waals surface area (Å²) >= 11 is 0. The Morgan fingerprint density at radius 1 is 1.06 bits per heavy atom. The maximum Gasteiger partial charge on any atom is 0.410 e. The standard InChI is InChI=1S/C24H32N2O8/c1-8-26(23(30)34-24(3,4)5)13-14-17(18-15(31-6)11-10-12-16(18)32-7)20(27)19(21(28)25-14)22(29)33-9-2/h10-12H,8-9,13H2,1-7H3,(H2,25,27,28). The van der Waals surface area contributed by atoms with Crippen molar-refractivity contribution in [2.75, 3.05) is 27.4 Å². The van der Waals surface area contributed by atoms with E-state index in [-0.39, 0.29) is 31.0 Å². The van der Waals surface area contributed by atoms with Gasteiger partial charge in [0.05, 0.1) is 38.5 Å². The third-order valence-electron chi connectivity index (χ3n) is 4.81. The molecule has 0 unspecified atom stereocenters. The normalized spacial score (nSPS) is 11.0. The molecule has 10 heteroatoms. The van der Waals surface area contributed by atoms with Gasteiger partial charge in [0.1, 0.15) is 22.8 Å². The molecular weight excluding hydrogens is 444 g/mol. The number of ether oxygens (including phenoxy) is 4. The maximum atomic E-state index is 12.8. The van der Waals surface area contributed by atoms with Crippen molar-refractivity contribution in [3.05, 3.63) is 39.8 Å². The van der Waals surface area contributed by atoms with Crippen LogP contribution in [-0.2, 0) is 16.0 Å². The van der Waals surface area contributed by atoms with Gasteiger partial charge in [0.25, 0.3) is 5.56 Å². The minimum Gasteiger partial charge on any atom is -0.506 e. The molecule has 1 aromatic carbocycles. The molecule has 2 aromatic rings. The number of nitrogens with zero attached hydrogens (tertiary/aromatic N) is 1. The van der Waals surface area contributed by atoms with Crippen molar-refractivity contribution < 1.29 is 33.6 Å². The third kappa shape index (κ3) is 5.81. The van der Waals surface area contributed by atoms with E-state index in [1.54, 1.807) is 52.8 Å². The van der Waals surface area contributed by atoms with Crippen molar-refractivity contribution in [1.29, 1.82) is 0 Å². The number of rotatable bonds is 8. The van der Waals surface area contributed by atoms with Gasteiger partial charge in [-0.15, -0.1) is 0 Å². The minimum absolute atomic E-state index is 0.00896. The van der Waals surface area contributed by atoms with Gasteiger partial charge in [-0.1, -0.05) is 6.07 Å². The number of methoxy groups -OCH3 is 2. The highest BCUT2D eigenvalue weighted by Crippen LogP contribution is 2.44. The SMILES string of the molecule is CCOC(=O)c1c(O)c(-c2c(OC)cccc2OC)c(CN(CC)C(=O)OC(C)(C)C)[nH]c1=O. The first-order valence-corrected chi connectivity index (χ1v) is 10.8. The summed E-state index contributed by atoms with van der Waals surface area (Å²) < 4.78 is 21.4. The molecule has 2 rings (SSSR count). The first kappa shape index (κ1) is 26.6. The van der Waals surface area contributed by atoms with Gasteiger partial charge < -0.3 is 33.9 Å². The highest BCUT2D eigenvalue weighted by atomic mass is 16.6. The summed E-state index contributed by atoms with van der Waals surface area (Å²) in [7, 11) is 2.87. The molecule has 0 saturated heterocycles. The number of aromatic nitrogens is 1.